The van der Waals surface area contributed by atoms with Gasteiger partial charge in [-0.25, -0.2) is 4.79 Å². The van der Waals surface area contributed by atoms with Gasteiger partial charge in [0.1, 0.15) is 54.4 Å². The van der Waals surface area contributed by atoms with Crippen LogP contribution >= 0.6 is 0 Å². The Morgan fingerprint density at radius 2 is 0.656 bits per heavy atom. The number of guanidine groups is 6. The van der Waals surface area contributed by atoms with Gasteiger partial charge in [0.25, 0.3) is 0 Å². The fraction of sp³-hybridized carbons (Fsp3) is 0.692. The zero-order chi connectivity index (χ0) is 69.6. The minimum Gasteiger partial charge on any atom is -0.480 e. The molecule has 2 aliphatic rings. The van der Waals surface area contributed by atoms with Gasteiger partial charge in [0.05, 0.1) is 19.3 Å². The number of hydrogen-bond donors (Lipinski definition) is 24. The fourth-order valence-electron chi connectivity index (χ4n) is 9.59. The van der Waals surface area contributed by atoms with Crippen LogP contribution in [0.1, 0.15) is 103 Å². The van der Waals surface area contributed by atoms with Gasteiger partial charge in [-0.3, -0.25) is 73.1 Å². The molecule has 0 saturated carbocycles. The first-order valence-corrected chi connectivity index (χ1v) is 30.3. The van der Waals surface area contributed by atoms with E-state index in [0.29, 0.717) is 19.4 Å². The van der Waals surface area contributed by atoms with E-state index in [0.717, 1.165) is 11.3 Å². The molecule has 2 heterocycles. The molecule has 0 aromatic rings. The van der Waals surface area contributed by atoms with Crippen molar-refractivity contribution in [3.63, 3.8) is 0 Å². The lowest BCUT2D eigenvalue weighted by Crippen LogP contribution is -2.61. The lowest BCUT2D eigenvalue weighted by molar-refractivity contribution is -0.149. The highest BCUT2D eigenvalue weighted by molar-refractivity contribution is 5.99. The summed E-state index contributed by atoms with van der Waals surface area (Å²) in [6.07, 6.45) is 1.49. The number of carbonyl (C=O) groups excluding carboxylic acids is 9. The lowest BCUT2D eigenvalue weighted by Gasteiger charge is -2.29. The van der Waals surface area contributed by atoms with Crippen molar-refractivity contribution < 1.29 is 63.3 Å². The molecule has 9 amide bonds. The molecule has 0 radical (unpaired) electrons. The monoisotopic (exact) mass is 1320 g/mol. The van der Waals surface area contributed by atoms with Crippen molar-refractivity contribution in [1.82, 2.24) is 52.8 Å². The molecule has 0 aromatic heterocycles. The molecule has 10 atom stereocenters. The molecule has 2 fully saturated rings. The van der Waals surface area contributed by atoms with Crippen molar-refractivity contribution in [2.45, 2.75) is 163 Å². The summed E-state index contributed by atoms with van der Waals surface area (Å²) in [5, 5.41) is 53.9. The van der Waals surface area contributed by atoms with Gasteiger partial charge in [0, 0.05) is 45.8 Å². The summed E-state index contributed by atoms with van der Waals surface area (Å²) in [4.78, 5) is 163. The summed E-state index contributed by atoms with van der Waals surface area (Å²) in [5.41, 5.74) is 66.0. The zero-order valence-electron chi connectivity index (χ0n) is 52.1. The molecule has 93 heavy (non-hydrogen) atoms. The molecular formula is C52H98N28O13. The largest absolute Gasteiger partial charge is 0.480 e. The van der Waals surface area contributed by atoms with Crippen LogP contribution in [0.5, 0.6) is 0 Å². The third-order valence-corrected chi connectivity index (χ3v) is 14.3. The number of aliphatic hydroxyl groups excluding tert-OH is 2. The Morgan fingerprint density at radius 3 is 0.925 bits per heavy atom. The van der Waals surface area contributed by atoms with Crippen molar-refractivity contribution in [3.8, 4) is 0 Å². The molecule has 2 saturated heterocycles. The summed E-state index contributed by atoms with van der Waals surface area (Å²) in [6.45, 7) is -1.66. The third kappa shape index (κ3) is 31.7. The number of likely N-dealkylation sites (tertiary alicyclic amines) is 1. The van der Waals surface area contributed by atoms with Crippen molar-refractivity contribution in [1.29, 1.82) is 0 Å². The number of nitrogens with two attached hydrogens (primary N) is 12. The summed E-state index contributed by atoms with van der Waals surface area (Å²) in [6, 6.07) is -14.2. The van der Waals surface area contributed by atoms with Gasteiger partial charge < -0.3 is 137 Å². The van der Waals surface area contributed by atoms with E-state index in [2.05, 4.69) is 77.8 Å². The predicted molar refractivity (Wildman–Crippen MR) is 342 cm³/mol. The number of amides is 9. The molecule has 0 unspecified atom stereocenters. The number of rotatable bonds is 44. The first-order chi connectivity index (χ1) is 44.1. The number of carbonyl (C=O) groups is 10. The summed E-state index contributed by atoms with van der Waals surface area (Å²) < 4.78 is 0. The number of aliphatic hydroxyl groups is 2. The van der Waals surface area contributed by atoms with Gasteiger partial charge in [0.2, 0.25) is 53.2 Å². The van der Waals surface area contributed by atoms with Gasteiger partial charge in [-0.05, 0) is 109 Å². The summed E-state index contributed by atoms with van der Waals surface area (Å²) in [5.74, 6) is -11.2. The number of nitrogens with zero attached hydrogens (tertiary/aromatic N) is 7. The highest BCUT2D eigenvalue weighted by atomic mass is 16.4. The average molecular weight is 1320 g/mol. The normalized spacial score (nSPS) is 16.6. The second kappa shape index (κ2) is 43.1. The van der Waals surface area contributed by atoms with Crippen LogP contribution in [0.2, 0.25) is 0 Å². The average Bonchev–Trinajstić information content (AvgIpc) is 1.84. The first kappa shape index (κ1) is 79.3. The van der Waals surface area contributed by atoms with E-state index in [1.165, 1.54) is 0 Å². The minimum atomic E-state index is -1.91. The van der Waals surface area contributed by atoms with E-state index in [4.69, 9.17) is 68.8 Å². The van der Waals surface area contributed by atoms with Gasteiger partial charge >= 0.3 is 5.97 Å². The zero-order valence-corrected chi connectivity index (χ0v) is 52.1. The van der Waals surface area contributed by atoms with Crippen LogP contribution in [0.4, 0.5) is 0 Å². The predicted octanol–water partition coefficient (Wildman–Crippen LogP) is -12.0. The number of aliphatic imine (C=N–C) groups is 6. The SMILES string of the molecule is NC(N)=NCCC[C@H](NC(=O)[C@@H]1CCCN1)C(=O)N[C@@H](CCCN=C(N)N)C(=O)N[C@@H](CCCN=C(N)N)C(=O)N[C@@H](CCCN=C(N)N)C(=O)N[C@@H](CO)C(=O)N[C@@H](CO)C(=O)N[C@@H](CCCN=C(N)N)C(=O)N[C@@H](CCCN=C(N)N)C(=O)N1CCC[C@H]1C(=O)O. The van der Waals surface area contributed by atoms with Crippen LogP contribution in [0.15, 0.2) is 30.0 Å². The van der Waals surface area contributed by atoms with Crippen LogP contribution < -0.4 is 117 Å². The van der Waals surface area contributed by atoms with E-state index >= 15 is 0 Å². The molecule has 0 bridgehead atoms. The molecule has 36 N–H and O–H groups in total. The fourth-order valence-corrected chi connectivity index (χ4v) is 9.59. The minimum absolute atomic E-state index is 0.000414. The van der Waals surface area contributed by atoms with E-state index in [9.17, 15) is 63.3 Å². The Labute approximate surface area is 536 Å². The third-order valence-electron chi connectivity index (χ3n) is 14.3. The first-order valence-electron chi connectivity index (χ1n) is 30.3. The quantitative estimate of drug-likeness (QED) is 0.0153. The van der Waals surface area contributed by atoms with Crippen LogP contribution in [-0.2, 0) is 47.9 Å². The lowest BCUT2D eigenvalue weighted by atomic mass is 10.0. The molecule has 0 aromatic carbocycles. The molecule has 0 aliphatic carbocycles. The Balaban J connectivity index is 2.50. The Bertz CT molecular complexity index is 2650. The van der Waals surface area contributed by atoms with Crippen molar-refractivity contribution in [2.24, 2.45) is 98.8 Å². The van der Waals surface area contributed by atoms with Gasteiger partial charge in [-0.1, -0.05) is 0 Å². The second-order valence-electron chi connectivity index (χ2n) is 21.7. The van der Waals surface area contributed by atoms with E-state index < -0.39 is 133 Å². The molecule has 41 nitrogen and oxygen atoms in total. The topological polar surface area (TPSA) is 729 Å². The second-order valence-corrected chi connectivity index (χ2v) is 21.7. The smallest absolute Gasteiger partial charge is 0.326 e. The highest BCUT2D eigenvalue weighted by Gasteiger charge is 2.39. The van der Waals surface area contributed by atoms with Crippen molar-refractivity contribution in [2.75, 3.05) is 65.6 Å². The van der Waals surface area contributed by atoms with Gasteiger partial charge in [-0.15, -0.1) is 0 Å². The van der Waals surface area contributed by atoms with Crippen LogP contribution in [-0.4, -0.2) is 241 Å². The van der Waals surface area contributed by atoms with Crippen LogP contribution in [0, 0.1) is 0 Å². The molecule has 2 rings (SSSR count). The van der Waals surface area contributed by atoms with E-state index in [1.807, 2.05) is 0 Å². The highest BCUT2D eigenvalue weighted by Crippen LogP contribution is 2.20. The van der Waals surface area contributed by atoms with Crippen molar-refractivity contribution in [3.05, 3.63) is 0 Å². The van der Waals surface area contributed by atoms with Gasteiger partial charge in [0.15, 0.2) is 35.8 Å². The summed E-state index contributed by atoms with van der Waals surface area (Å²) >= 11 is 0. The Kier molecular flexibility index (Phi) is 36.7. The van der Waals surface area contributed by atoms with E-state index in [-0.39, 0.29) is 165 Å². The number of hydrogen-bond acceptors (Lipinski definition) is 19. The molecule has 2 aliphatic heterocycles. The number of aliphatic carboxylic acids is 1. The number of nitrogens with one attached hydrogen (secondary N) is 9. The van der Waals surface area contributed by atoms with Crippen LogP contribution in [0.3, 0.4) is 0 Å². The maximum atomic E-state index is 14.5. The van der Waals surface area contributed by atoms with Crippen molar-refractivity contribution >= 4 is 94.9 Å². The maximum absolute atomic E-state index is 14.5. The molecular weight excluding hydrogens is 1220 g/mol. The summed E-state index contributed by atoms with van der Waals surface area (Å²) in [7, 11) is 0. The van der Waals surface area contributed by atoms with E-state index in [1.54, 1.807) is 0 Å². The standard InChI is InChI=1S/C52H98N28O13/c53-47(54)66-18-2-10-28(72-37(83)27-9-1-17-65-27)38(84)73-29(11-3-19-67-48(55)56)39(85)74-30(12-4-20-68-49(57)58)40(86)75-32(14-6-22-70-51(61)62)42(88)78-35(26-82)44(90)79-34(25-81)43(89)76-31(13-5-21-69-50(59)60)41(87)77-33(15-7-23-71-52(63)64)45(91)80-24-8-16-36(80)46(92)93/h27-36,65,81-82H,1-26H2,(H,72,83)(H,73,84)(H,74,85)(H,75,86)(H,76,89)(H,77,87)(H,78,88)(H,79,90)(H,92,93)(H4,53,54,66)(H4,55,56,67)(H4,57,58,68)(H4,59,60,69)(H4,61,62,70)(H4,63,64,71)/t27-,28-,29-,30-,31-,32-,33-,34-,35-,36-/m0/s1. The maximum Gasteiger partial charge on any atom is 0.326 e. The molecule has 524 valence electrons. The Hall–Kier alpha value is -9.80. The Morgan fingerprint density at radius 1 is 0.387 bits per heavy atom. The molecule has 0 spiro atoms. The number of carboxylic acids is 1. The van der Waals surface area contributed by atoms with Crippen LogP contribution in [0.25, 0.3) is 0 Å². The number of carboxylic acid groups (broad SMARTS) is 1. The van der Waals surface area contributed by atoms with Gasteiger partial charge in [-0.2, -0.15) is 0 Å². The molecule has 41 heteroatoms.